The molecule has 0 saturated carbocycles. The van der Waals surface area contributed by atoms with Crippen LogP contribution in [0.1, 0.15) is 10.4 Å². The molecule has 0 bridgehead atoms. The third-order valence-electron chi connectivity index (χ3n) is 3.59. The number of ether oxygens (including phenoxy) is 1. The number of thioether (sulfide) groups is 1. The number of hydrogen-bond acceptors (Lipinski definition) is 4. The van der Waals surface area contributed by atoms with E-state index in [1.165, 1.54) is 11.8 Å². The summed E-state index contributed by atoms with van der Waals surface area (Å²) in [5.74, 6) is 0.866. The van der Waals surface area contributed by atoms with Crippen molar-refractivity contribution in [2.45, 2.75) is 4.90 Å². The highest BCUT2D eigenvalue weighted by molar-refractivity contribution is 8.00. The van der Waals surface area contributed by atoms with Crippen molar-refractivity contribution < 1.29 is 14.3 Å². The van der Waals surface area contributed by atoms with Crippen molar-refractivity contribution in [1.29, 1.82) is 0 Å². The van der Waals surface area contributed by atoms with Gasteiger partial charge in [0.2, 0.25) is 5.91 Å². The summed E-state index contributed by atoms with van der Waals surface area (Å²) in [5, 5.41) is 2.85. The van der Waals surface area contributed by atoms with Crippen LogP contribution in [0.25, 0.3) is 0 Å². The van der Waals surface area contributed by atoms with Gasteiger partial charge in [-0.2, -0.15) is 0 Å². The fraction of sp³-hybridized carbons (Fsp3) is 0.0476. The van der Waals surface area contributed by atoms with Gasteiger partial charge in [-0.05, 0) is 48.5 Å². The summed E-state index contributed by atoms with van der Waals surface area (Å²) in [7, 11) is 0. The highest BCUT2D eigenvalue weighted by Gasteiger charge is 2.12. The molecule has 3 N–H and O–H groups in total. The summed E-state index contributed by atoms with van der Waals surface area (Å²) in [5.41, 5.74) is 6.33. The van der Waals surface area contributed by atoms with E-state index in [4.69, 9.17) is 10.5 Å². The van der Waals surface area contributed by atoms with Gasteiger partial charge in [0.25, 0.3) is 5.91 Å². The molecule has 3 aromatic carbocycles. The average Bonchev–Trinajstić information content (AvgIpc) is 2.69. The number of carbonyl (C=O) groups is 2. The van der Waals surface area contributed by atoms with Crippen molar-refractivity contribution in [3.63, 3.8) is 0 Å². The van der Waals surface area contributed by atoms with E-state index in [0.717, 1.165) is 5.75 Å². The molecule has 0 radical (unpaired) electrons. The molecule has 136 valence electrons. The number of amides is 2. The summed E-state index contributed by atoms with van der Waals surface area (Å²) in [4.78, 5) is 24.3. The molecule has 0 aliphatic rings. The van der Waals surface area contributed by atoms with Crippen LogP contribution in [-0.4, -0.2) is 17.6 Å². The largest absolute Gasteiger partial charge is 0.457 e. The minimum atomic E-state index is -0.427. The Kier molecular flexibility index (Phi) is 6.12. The molecule has 0 aliphatic carbocycles. The number of rotatable bonds is 7. The minimum absolute atomic E-state index is 0.121. The average molecular weight is 378 g/mol. The molecule has 6 heteroatoms. The van der Waals surface area contributed by atoms with Crippen LogP contribution < -0.4 is 15.8 Å². The predicted molar refractivity (Wildman–Crippen MR) is 107 cm³/mol. The molecule has 5 nitrogen and oxygen atoms in total. The van der Waals surface area contributed by atoms with Crippen LogP contribution in [0.5, 0.6) is 11.5 Å². The number of benzene rings is 3. The van der Waals surface area contributed by atoms with E-state index < -0.39 is 5.91 Å². The summed E-state index contributed by atoms with van der Waals surface area (Å²) in [6, 6.07) is 23.7. The Bertz CT molecular complexity index is 928. The maximum absolute atomic E-state index is 12.6. The van der Waals surface area contributed by atoms with E-state index in [1.54, 1.807) is 42.5 Å². The van der Waals surface area contributed by atoms with Crippen molar-refractivity contribution in [2.24, 2.45) is 5.73 Å². The van der Waals surface area contributed by atoms with Crippen LogP contribution in [0.4, 0.5) is 5.69 Å². The Labute approximate surface area is 161 Å². The topological polar surface area (TPSA) is 81.4 Å². The van der Waals surface area contributed by atoms with Gasteiger partial charge in [0.05, 0.1) is 11.3 Å². The number of carbonyl (C=O) groups excluding carboxylic acids is 2. The maximum Gasteiger partial charge on any atom is 0.256 e. The molecule has 2 amide bonds. The van der Waals surface area contributed by atoms with Crippen molar-refractivity contribution >= 4 is 29.3 Å². The van der Waals surface area contributed by atoms with Crippen molar-refractivity contribution in [3.05, 3.63) is 84.4 Å². The van der Waals surface area contributed by atoms with Crippen LogP contribution >= 0.6 is 11.8 Å². The van der Waals surface area contributed by atoms with Crippen molar-refractivity contribution in [3.8, 4) is 11.5 Å². The van der Waals surface area contributed by atoms with Gasteiger partial charge in [0.15, 0.2) is 0 Å². The summed E-state index contributed by atoms with van der Waals surface area (Å²) >= 11 is 1.24. The Morgan fingerprint density at radius 3 is 2.19 bits per heavy atom. The molecule has 27 heavy (non-hydrogen) atoms. The van der Waals surface area contributed by atoms with Gasteiger partial charge in [0, 0.05) is 10.6 Å². The lowest BCUT2D eigenvalue weighted by Crippen LogP contribution is -2.15. The van der Waals surface area contributed by atoms with Gasteiger partial charge in [-0.3, -0.25) is 9.59 Å². The normalized spacial score (nSPS) is 10.2. The Balaban J connectivity index is 1.67. The standard InChI is InChI=1S/C21H18N2O3S/c22-20(24)14-27-19-9-5-4-8-18(19)21(25)23-15-10-12-17(13-11-15)26-16-6-2-1-3-7-16/h1-13H,14H2,(H2,22,24)(H,23,25). The first-order valence-corrected chi connectivity index (χ1v) is 9.25. The lowest BCUT2D eigenvalue weighted by Gasteiger charge is -2.10. The molecule has 0 heterocycles. The molecule has 0 spiro atoms. The minimum Gasteiger partial charge on any atom is -0.457 e. The molecule has 3 aromatic rings. The molecular weight excluding hydrogens is 360 g/mol. The first-order chi connectivity index (χ1) is 13.1. The summed E-state index contributed by atoms with van der Waals surface area (Å²) in [6.45, 7) is 0. The second kappa shape index (κ2) is 8.91. The van der Waals surface area contributed by atoms with Gasteiger partial charge in [-0.15, -0.1) is 11.8 Å². The highest BCUT2D eigenvalue weighted by Crippen LogP contribution is 2.25. The molecule has 0 fully saturated rings. The lowest BCUT2D eigenvalue weighted by molar-refractivity contribution is -0.115. The Morgan fingerprint density at radius 2 is 1.48 bits per heavy atom. The van der Waals surface area contributed by atoms with E-state index in [0.29, 0.717) is 21.9 Å². The van der Waals surface area contributed by atoms with Crippen LogP contribution in [0.2, 0.25) is 0 Å². The van der Waals surface area contributed by atoms with Crippen LogP contribution in [0.3, 0.4) is 0 Å². The van der Waals surface area contributed by atoms with Crippen LogP contribution in [0.15, 0.2) is 83.8 Å². The van der Waals surface area contributed by atoms with E-state index in [1.807, 2.05) is 36.4 Å². The van der Waals surface area contributed by atoms with Crippen LogP contribution in [-0.2, 0) is 4.79 Å². The summed E-state index contributed by atoms with van der Waals surface area (Å²) in [6.07, 6.45) is 0. The molecule has 3 rings (SSSR count). The van der Waals surface area contributed by atoms with E-state index in [-0.39, 0.29) is 11.7 Å². The predicted octanol–water partition coefficient (Wildman–Crippen LogP) is 4.31. The van der Waals surface area contributed by atoms with Gasteiger partial charge < -0.3 is 15.8 Å². The number of primary amides is 1. The van der Waals surface area contributed by atoms with Gasteiger partial charge >= 0.3 is 0 Å². The number of nitrogens with one attached hydrogen (secondary N) is 1. The quantitative estimate of drug-likeness (QED) is 0.600. The van der Waals surface area contributed by atoms with E-state index >= 15 is 0 Å². The third kappa shape index (κ3) is 5.36. The smallest absolute Gasteiger partial charge is 0.256 e. The highest BCUT2D eigenvalue weighted by atomic mass is 32.2. The molecule has 0 unspecified atom stereocenters. The number of hydrogen-bond donors (Lipinski definition) is 2. The molecular formula is C21H18N2O3S. The van der Waals surface area contributed by atoms with Crippen LogP contribution in [0, 0.1) is 0 Å². The molecule has 0 atom stereocenters. The van der Waals surface area contributed by atoms with E-state index in [2.05, 4.69) is 5.32 Å². The fourth-order valence-corrected chi connectivity index (χ4v) is 3.15. The third-order valence-corrected chi connectivity index (χ3v) is 4.69. The zero-order chi connectivity index (χ0) is 19.1. The first kappa shape index (κ1) is 18.5. The Hall–Kier alpha value is -3.25. The zero-order valence-electron chi connectivity index (χ0n) is 14.4. The monoisotopic (exact) mass is 378 g/mol. The summed E-state index contributed by atoms with van der Waals surface area (Å²) < 4.78 is 5.74. The van der Waals surface area contributed by atoms with Crippen molar-refractivity contribution in [1.82, 2.24) is 0 Å². The maximum atomic E-state index is 12.6. The number of nitrogens with two attached hydrogens (primary N) is 1. The second-order valence-electron chi connectivity index (χ2n) is 5.64. The first-order valence-electron chi connectivity index (χ1n) is 8.26. The molecule has 0 saturated heterocycles. The molecule has 0 aliphatic heterocycles. The second-order valence-corrected chi connectivity index (χ2v) is 6.66. The van der Waals surface area contributed by atoms with Crippen molar-refractivity contribution in [2.75, 3.05) is 11.1 Å². The lowest BCUT2D eigenvalue weighted by atomic mass is 10.2. The van der Waals surface area contributed by atoms with Gasteiger partial charge in [-0.25, -0.2) is 0 Å². The zero-order valence-corrected chi connectivity index (χ0v) is 15.2. The van der Waals surface area contributed by atoms with Gasteiger partial charge in [0.1, 0.15) is 11.5 Å². The molecule has 0 aromatic heterocycles. The Morgan fingerprint density at radius 1 is 0.852 bits per heavy atom. The van der Waals surface area contributed by atoms with E-state index in [9.17, 15) is 9.59 Å². The fourth-order valence-electron chi connectivity index (χ4n) is 2.36. The number of para-hydroxylation sites is 1. The number of anilines is 1. The SMILES string of the molecule is NC(=O)CSc1ccccc1C(=O)Nc1ccc(Oc2ccccc2)cc1. The van der Waals surface area contributed by atoms with Gasteiger partial charge in [-0.1, -0.05) is 30.3 Å².